The van der Waals surface area contributed by atoms with Gasteiger partial charge < -0.3 is 20.3 Å². The van der Waals surface area contributed by atoms with E-state index in [9.17, 15) is 19.5 Å². The predicted octanol–water partition coefficient (Wildman–Crippen LogP) is 2.36. The molecule has 0 aliphatic heterocycles. The van der Waals surface area contributed by atoms with Crippen molar-refractivity contribution in [3.8, 4) is 0 Å². The maximum absolute atomic E-state index is 12.5. The van der Waals surface area contributed by atoms with Crippen molar-refractivity contribution in [1.29, 1.82) is 0 Å². The Morgan fingerprint density at radius 1 is 1.12 bits per heavy atom. The molecule has 0 spiro atoms. The summed E-state index contributed by atoms with van der Waals surface area (Å²) in [6.45, 7) is 3.54. The number of carboxylic acids is 1. The number of carboxylic acid groups (broad SMARTS) is 1. The van der Waals surface area contributed by atoms with Crippen molar-refractivity contribution in [2.45, 2.75) is 84.0 Å². The molecule has 1 rings (SSSR count). The molecule has 7 nitrogen and oxygen atoms in total. The first-order valence-corrected chi connectivity index (χ1v) is 8.72. The fraction of sp³-hybridized carbons (Fsp3) is 0.824. The molecule has 0 aromatic heterocycles. The molecule has 0 heterocycles. The second-order valence-corrected chi connectivity index (χ2v) is 6.47. The lowest BCUT2D eigenvalue weighted by Crippen LogP contribution is -2.51. The Kier molecular flexibility index (Phi) is 8.18. The Morgan fingerprint density at radius 2 is 1.75 bits per heavy atom. The summed E-state index contributed by atoms with van der Waals surface area (Å²) in [4.78, 5) is 35.1. The number of nitrogens with two attached hydrogens (primary N) is 1. The summed E-state index contributed by atoms with van der Waals surface area (Å²) in [5.74, 6) is -2.11. The van der Waals surface area contributed by atoms with Crippen molar-refractivity contribution in [2.75, 3.05) is 0 Å². The average molecular weight is 343 g/mol. The number of esters is 2. The Morgan fingerprint density at radius 3 is 2.25 bits per heavy atom. The first kappa shape index (κ1) is 20.4. The Bertz CT molecular complexity index is 444. The minimum Gasteiger partial charge on any atom is -0.481 e. The average Bonchev–Trinajstić information content (AvgIpc) is 2.54. The van der Waals surface area contributed by atoms with Gasteiger partial charge in [0.05, 0.1) is 6.42 Å². The third-order valence-corrected chi connectivity index (χ3v) is 4.59. The van der Waals surface area contributed by atoms with Crippen molar-refractivity contribution in [1.82, 2.24) is 0 Å². The number of rotatable bonds is 9. The molecule has 0 saturated heterocycles. The van der Waals surface area contributed by atoms with Crippen LogP contribution in [0.2, 0.25) is 0 Å². The lowest BCUT2D eigenvalue weighted by molar-refractivity contribution is -0.192. The topological polar surface area (TPSA) is 116 Å². The Balaban J connectivity index is 2.80. The highest BCUT2D eigenvalue weighted by Crippen LogP contribution is 2.42. The molecule has 1 aliphatic carbocycles. The molecule has 7 heteroatoms. The molecule has 0 amide bonds. The zero-order valence-electron chi connectivity index (χ0n) is 14.6. The van der Waals surface area contributed by atoms with E-state index in [1.165, 1.54) is 0 Å². The molecule has 0 radical (unpaired) electrons. The highest BCUT2D eigenvalue weighted by atomic mass is 16.7. The summed E-state index contributed by atoms with van der Waals surface area (Å²) in [5.41, 5.74) is 5.32. The van der Waals surface area contributed by atoms with Gasteiger partial charge in [-0.2, -0.15) is 0 Å². The summed E-state index contributed by atoms with van der Waals surface area (Å²) < 4.78 is 10.4. The van der Waals surface area contributed by atoms with Crippen LogP contribution in [0.5, 0.6) is 0 Å². The van der Waals surface area contributed by atoms with E-state index >= 15 is 0 Å². The molecule has 2 atom stereocenters. The van der Waals surface area contributed by atoms with Gasteiger partial charge in [0.25, 0.3) is 0 Å². The smallest absolute Gasteiger partial charge is 0.326 e. The van der Waals surface area contributed by atoms with Crippen molar-refractivity contribution < 1.29 is 29.0 Å². The monoisotopic (exact) mass is 343 g/mol. The first-order valence-electron chi connectivity index (χ1n) is 8.72. The van der Waals surface area contributed by atoms with Crippen molar-refractivity contribution in [3.05, 3.63) is 0 Å². The van der Waals surface area contributed by atoms with Gasteiger partial charge in [-0.3, -0.25) is 14.4 Å². The summed E-state index contributed by atoms with van der Waals surface area (Å²) in [5, 5.41) is 9.20. The van der Waals surface area contributed by atoms with Gasteiger partial charge in [0.2, 0.25) is 6.29 Å². The van der Waals surface area contributed by atoms with Gasteiger partial charge in [0.1, 0.15) is 6.04 Å². The molecule has 0 aromatic rings. The summed E-state index contributed by atoms with van der Waals surface area (Å²) >= 11 is 0. The maximum atomic E-state index is 12.5. The number of aliphatic carboxylic acids is 1. The molecule has 0 bridgehead atoms. The van der Waals surface area contributed by atoms with Crippen molar-refractivity contribution in [3.63, 3.8) is 0 Å². The van der Waals surface area contributed by atoms with Crippen LogP contribution in [0.1, 0.15) is 71.6 Å². The van der Waals surface area contributed by atoms with E-state index in [4.69, 9.17) is 15.2 Å². The normalized spacial score (nSPS) is 19.1. The van der Waals surface area contributed by atoms with Crippen LogP contribution in [0.4, 0.5) is 0 Å². The number of ether oxygens (including phenoxy) is 2. The SMILES string of the molecule is CCCC(OC(=O)CC)OC(=O)C(N)C1(CC(=O)O)CCCCC1. The van der Waals surface area contributed by atoms with E-state index in [0.717, 1.165) is 19.3 Å². The van der Waals surface area contributed by atoms with Crippen molar-refractivity contribution >= 4 is 17.9 Å². The maximum Gasteiger partial charge on any atom is 0.326 e. The third-order valence-electron chi connectivity index (χ3n) is 4.59. The molecule has 1 aliphatic rings. The zero-order chi connectivity index (χ0) is 18.2. The lowest BCUT2D eigenvalue weighted by Gasteiger charge is -2.39. The fourth-order valence-corrected chi connectivity index (χ4v) is 3.22. The van der Waals surface area contributed by atoms with Crippen LogP contribution >= 0.6 is 0 Å². The molecule has 24 heavy (non-hydrogen) atoms. The van der Waals surface area contributed by atoms with Gasteiger partial charge in [-0.05, 0) is 19.3 Å². The summed E-state index contributed by atoms with van der Waals surface area (Å²) in [6, 6.07) is -1.03. The van der Waals surface area contributed by atoms with E-state index in [2.05, 4.69) is 0 Å². The van der Waals surface area contributed by atoms with Gasteiger partial charge in [-0.15, -0.1) is 0 Å². The number of carbonyl (C=O) groups is 3. The zero-order valence-corrected chi connectivity index (χ0v) is 14.6. The molecule has 3 N–H and O–H groups in total. The van der Waals surface area contributed by atoms with Gasteiger partial charge >= 0.3 is 17.9 Å². The largest absolute Gasteiger partial charge is 0.481 e. The second kappa shape index (κ2) is 9.61. The summed E-state index contributed by atoms with van der Waals surface area (Å²) in [7, 11) is 0. The van der Waals surface area contributed by atoms with Crippen LogP contribution in [0.25, 0.3) is 0 Å². The van der Waals surface area contributed by atoms with Crippen LogP contribution in [0.3, 0.4) is 0 Å². The number of hydrogen-bond donors (Lipinski definition) is 2. The van der Waals surface area contributed by atoms with Crippen LogP contribution in [-0.4, -0.2) is 35.3 Å². The predicted molar refractivity (Wildman–Crippen MR) is 86.9 cm³/mol. The van der Waals surface area contributed by atoms with E-state index in [0.29, 0.717) is 25.7 Å². The van der Waals surface area contributed by atoms with Crippen molar-refractivity contribution in [2.24, 2.45) is 11.1 Å². The van der Waals surface area contributed by atoms with E-state index in [1.807, 2.05) is 6.92 Å². The second-order valence-electron chi connectivity index (χ2n) is 6.47. The number of carbonyl (C=O) groups excluding carboxylic acids is 2. The minimum atomic E-state index is -1.03. The lowest BCUT2D eigenvalue weighted by atomic mass is 9.67. The Labute approximate surface area is 142 Å². The third kappa shape index (κ3) is 5.78. The quantitative estimate of drug-likeness (QED) is 0.487. The van der Waals surface area contributed by atoms with Gasteiger partial charge in [-0.25, -0.2) is 0 Å². The summed E-state index contributed by atoms with van der Waals surface area (Å²) in [6.07, 6.45) is 3.99. The van der Waals surface area contributed by atoms with Crippen LogP contribution in [0.15, 0.2) is 0 Å². The van der Waals surface area contributed by atoms with Crippen LogP contribution in [0, 0.1) is 5.41 Å². The fourth-order valence-electron chi connectivity index (χ4n) is 3.22. The van der Waals surface area contributed by atoms with E-state index < -0.39 is 35.7 Å². The molecule has 138 valence electrons. The van der Waals surface area contributed by atoms with Gasteiger partial charge in [0.15, 0.2) is 0 Å². The van der Waals surface area contributed by atoms with E-state index in [-0.39, 0.29) is 12.8 Å². The highest BCUT2D eigenvalue weighted by molar-refractivity contribution is 5.79. The minimum absolute atomic E-state index is 0.156. The van der Waals surface area contributed by atoms with Crippen LogP contribution < -0.4 is 5.73 Å². The van der Waals surface area contributed by atoms with Crippen LogP contribution in [-0.2, 0) is 23.9 Å². The highest BCUT2D eigenvalue weighted by Gasteiger charge is 2.44. The molecular formula is C17H29NO6. The Hall–Kier alpha value is -1.63. The molecule has 2 unspecified atom stereocenters. The molecule has 0 aromatic carbocycles. The first-order chi connectivity index (χ1) is 11.3. The van der Waals surface area contributed by atoms with Gasteiger partial charge in [0, 0.05) is 18.3 Å². The number of hydrogen-bond acceptors (Lipinski definition) is 6. The molecule has 1 saturated carbocycles. The van der Waals surface area contributed by atoms with E-state index in [1.54, 1.807) is 6.92 Å². The molecular weight excluding hydrogens is 314 g/mol. The van der Waals surface area contributed by atoms with Gasteiger partial charge in [-0.1, -0.05) is 33.1 Å². The standard InChI is InChI=1S/C17H29NO6/c1-3-8-14(23-13(21)4-2)24-16(22)15(18)17(11-12(19)20)9-6-5-7-10-17/h14-15H,3-11,18H2,1-2H3,(H,19,20). The molecule has 1 fully saturated rings.